The molecule has 2 rings (SSSR count). The summed E-state index contributed by atoms with van der Waals surface area (Å²) in [6.45, 7) is 6.49. The molecule has 21 heavy (non-hydrogen) atoms. The fourth-order valence-electron chi connectivity index (χ4n) is 2.64. The second-order valence-corrected chi connectivity index (χ2v) is 5.78. The second-order valence-electron chi connectivity index (χ2n) is 5.52. The minimum absolute atomic E-state index is 0.454. The molecule has 1 aromatic heterocycles. The Bertz CT molecular complexity index is 577. The quantitative estimate of drug-likeness (QED) is 0.730. The van der Waals surface area contributed by atoms with Gasteiger partial charge in [0.15, 0.2) is 0 Å². The zero-order valence-corrected chi connectivity index (χ0v) is 14.1. The highest BCUT2D eigenvalue weighted by molar-refractivity contribution is 6.17. The maximum absolute atomic E-state index is 6.18. The Kier molecular flexibility index (Phi) is 5.29. The highest BCUT2D eigenvalue weighted by Gasteiger charge is 2.21. The molecule has 0 aliphatic rings. The molecule has 2 aromatic rings. The van der Waals surface area contributed by atoms with E-state index in [-0.39, 0.29) is 0 Å². The van der Waals surface area contributed by atoms with Crippen molar-refractivity contribution in [3.63, 3.8) is 0 Å². The van der Waals surface area contributed by atoms with Crippen LogP contribution in [0.15, 0.2) is 30.3 Å². The first-order valence-corrected chi connectivity index (χ1v) is 8.06. The van der Waals surface area contributed by atoms with E-state index in [1.165, 1.54) is 6.42 Å². The Balaban J connectivity index is 2.52. The van der Waals surface area contributed by atoms with Gasteiger partial charge in [0.2, 0.25) is 0 Å². The van der Waals surface area contributed by atoms with Gasteiger partial charge in [-0.3, -0.25) is 0 Å². The molecular weight excluding hydrogens is 282 g/mol. The van der Waals surface area contributed by atoms with Crippen molar-refractivity contribution >= 4 is 17.4 Å². The summed E-state index contributed by atoms with van der Waals surface area (Å²) < 4.78 is 2.01. The van der Waals surface area contributed by atoms with Crippen molar-refractivity contribution in [2.45, 2.75) is 45.5 Å². The minimum atomic E-state index is 0.454. The van der Waals surface area contributed by atoms with Crippen molar-refractivity contribution < 1.29 is 0 Å². The van der Waals surface area contributed by atoms with Gasteiger partial charge in [0.05, 0.1) is 17.3 Å². The van der Waals surface area contributed by atoms with Crippen LogP contribution in [0.3, 0.4) is 0 Å². The number of aromatic nitrogens is 2. The zero-order valence-electron chi connectivity index (χ0n) is 13.3. The fourth-order valence-corrected chi connectivity index (χ4v) is 2.95. The summed E-state index contributed by atoms with van der Waals surface area (Å²) in [6, 6.07) is 10.7. The summed E-state index contributed by atoms with van der Waals surface area (Å²) in [5.74, 6) is 1.59. The molecule has 114 valence electrons. The van der Waals surface area contributed by atoms with Crippen LogP contribution in [0.1, 0.15) is 37.9 Å². The number of nitrogens with zero attached hydrogens (tertiary/aromatic N) is 3. The molecule has 0 aliphatic heterocycles. The Morgan fingerprint density at radius 1 is 1.29 bits per heavy atom. The van der Waals surface area contributed by atoms with E-state index in [2.05, 4.69) is 37.9 Å². The molecular formula is C17H24ClN3. The molecule has 4 heteroatoms. The van der Waals surface area contributed by atoms with Crippen molar-refractivity contribution in [3.05, 3.63) is 41.6 Å². The van der Waals surface area contributed by atoms with E-state index in [4.69, 9.17) is 16.7 Å². The summed E-state index contributed by atoms with van der Waals surface area (Å²) >= 11 is 6.18. The first-order valence-electron chi connectivity index (χ1n) is 7.52. The molecule has 1 heterocycles. The van der Waals surface area contributed by atoms with Crippen LogP contribution in [0.25, 0.3) is 5.69 Å². The second kappa shape index (κ2) is 6.99. The maximum Gasteiger partial charge on any atom is 0.137 e. The van der Waals surface area contributed by atoms with Crippen molar-refractivity contribution in [1.82, 2.24) is 9.78 Å². The van der Waals surface area contributed by atoms with Crippen LogP contribution in [0.5, 0.6) is 0 Å². The number of para-hydroxylation sites is 1. The van der Waals surface area contributed by atoms with E-state index in [0.717, 1.165) is 29.2 Å². The largest absolute Gasteiger partial charge is 0.357 e. The number of aryl methyl sites for hydroxylation is 1. The number of rotatable bonds is 6. The molecule has 0 bridgehead atoms. The molecule has 1 aromatic carbocycles. The summed E-state index contributed by atoms with van der Waals surface area (Å²) in [7, 11) is 2.13. The Morgan fingerprint density at radius 2 is 1.95 bits per heavy atom. The van der Waals surface area contributed by atoms with E-state index in [1.54, 1.807) is 0 Å². The normalized spacial score (nSPS) is 12.4. The maximum atomic E-state index is 6.18. The number of hydrogen-bond donors (Lipinski definition) is 0. The molecule has 0 radical (unpaired) electrons. The van der Waals surface area contributed by atoms with Gasteiger partial charge >= 0.3 is 0 Å². The first-order chi connectivity index (χ1) is 10.1. The Morgan fingerprint density at radius 3 is 2.52 bits per heavy atom. The third-order valence-corrected chi connectivity index (χ3v) is 4.26. The molecule has 0 spiro atoms. The smallest absolute Gasteiger partial charge is 0.137 e. The van der Waals surface area contributed by atoms with Gasteiger partial charge in [0, 0.05) is 18.7 Å². The van der Waals surface area contributed by atoms with E-state index in [9.17, 15) is 0 Å². The third kappa shape index (κ3) is 3.24. The summed E-state index contributed by atoms with van der Waals surface area (Å²) in [6.07, 6.45) is 2.32. The number of benzene rings is 1. The van der Waals surface area contributed by atoms with Gasteiger partial charge in [-0.05, 0) is 32.4 Å². The molecule has 0 aliphatic carbocycles. The van der Waals surface area contributed by atoms with Crippen LogP contribution in [0, 0.1) is 6.92 Å². The van der Waals surface area contributed by atoms with E-state index in [1.807, 2.05) is 29.8 Å². The highest BCUT2D eigenvalue weighted by atomic mass is 35.5. The molecule has 1 unspecified atom stereocenters. The van der Waals surface area contributed by atoms with Gasteiger partial charge < -0.3 is 4.90 Å². The summed E-state index contributed by atoms with van der Waals surface area (Å²) in [4.78, 5) is 2.30. The predicted molar refractivity (Wildman–Crippen MR) is 90.6 cm³/mol. The van der Waals surface area contributed by atoms with Crippen LogP contribution < -0.4 is 4.90 Å². The topological polar surface area (TPSA) is 21.1 Å². The van der Waals surface area contributed by atoms with Gasteiger partial charge in [-0.1, -0.05) is 31.5 Å². The molecule has 0 fully saturated rings. The predicted octanol–water partition coefficient (Wildman–Crippen LogP) is 4.54. The SMILES string of the molecule is CCCC(C)N(C)c1c(CCl)c(C)nn1-c1ccccc1. The lowest BCUT2D eigenvalue weighted by Crippen LogP contribution is -2.31. The number of alkyl halides is 1. The third-order valence-electron chi connectivity index (χ3n) is 3.99. The lowest BCUT2D eigenvalue weighted by Gasteiger charge is -2.28. The van der Waals surface area contributed by atoms with E-state index >= 15 is 0 Å². The fraction of sp³-hybridized carbons (Fsp3) is 0.471. The van der Waals surface area contributed by atoms with Gasteiger partial charge in [0.25, 0.3) is 0 Å². The lowest BCUT2D eigenvalue weighted by molar-refractivity contribution is 0.602. The summed E-state index contributed by atoms with van der Waals surface area (Å²) in [5.41, 5.74) is 3.19. The number of halogens is 1. The molecule has 0 amide bonds. The number of hydrogen-bond acceptors (Lipinski definition) is 2. The van der Waals surface area contributed by atoms with Gasteiger partial charge in [-0.2, -0.15) is 5.10 Å². The average Bonchev–Trinajstić information content (AvgIpc) is 2.84. The van der Waals surface area contributed by atoms with Crippen molar-refractivity contribution in [2.24, 2.45) is 0 Å². The van der Waals surface area contributed by atoms with E-state index < -0.39 is 0 Å². The molecule has 3 nitrogen and oxygen atoms in total. The average molecular weight is 306 g/mol. The van der Waals surface area contributed by atoms with Crippen LogP contribution in [-0.2, 0) is 5.88 Å². The lowest BCUT2D eigenvalue weighted by atomic mass is 10.1. The minimum Gasteiger partial charge on any atom is -0.357 e. The van der Waals surface area contributed by atoms with Crippen molar-refractivity contribution in [1.29, 1.82) is 0 Å². The van der Waals surface area contributed by atoms with Gasteiger partial charge in [-0.15, -0.1) is 11.6 Å². The molecule has 0 N–H and O–H groups in total. The zero-order chi connectivity index (χ0) is 15.4. The monoisotopic (exact) mass is 305 g/mol. The van der Waals surface area contributed by atoms with Crippen LogP contribution >= 0.6 is 11.6 Å². The van der Waals surface area contributed by atoms with Crippen LogP contribution in [-0.4, -0.2) is 22.9 Å². The molecule has 1 atom stereocenters. The van der Waals surface area contributed by atoms with E-state index in [0.29, 0.717) is 11.9 Å². The highest BCUT2D eigenvalue weighted by Crippen LogP contribution is 2.29. The standard InChI is InChI=1S/C17H24ClN3/c1-5-9-13(2)20(4)17-16(12-18)14(3)19-21(17)15-10-7-6-8-11-15/h6-8,10-11,13H,5,9,12H2,1-4H3. The van der Waals surface area contributed by atoms with Crippen LogP contribution in [0.4, 0.5) is 5.82 Å². The Hall–Kier alpha value is -1.48. The van der Waals surface area contributed by atoms with Gasteiger partial charge in [-0.25, -0.2) is 4.68 Å². The molecule has 0 saturated carbocycles. The molecule has 0 saturated heterocycles. The van der Waals surface area contributed by atoms with Crippen molar-refractivity contribution in [3.8, 4) is 5.69 Å². The van der Waals surface area contributed by atoms with Crippen molar-refractivity contribution in [2.75, 3.05) is 11.9 Å². The first kappa shape index (κ1) is 15.9. The van der Waals surface area contributed by atoms with Gasteiger partial charge in [0.1, 0.15) is 5.82 Å². The Labute approximate surface area is 132 Å². The number of anilines is 1. The summed E-state index contributed by atoms with van der Waals surface area (Å²) in [5, 5.41) is 4.71. The van der Waals surface area contributed by atoms with Crippen LogP contribution in [0.2, 0.25) is 0 Å².